The van der Waals surface area contributed by atoms with Gasteiger partial charge in [0, 0.05) is 25.6 Å². The third kappa shape index (κ3) is 2.78. The summed E-state index contributed by atoms with van der Waals surface area (Å²) in [5, 5.41) is 6.97. The molecule has 0 unspecified atom stereocenters. The summed E-state index contributed by atoms with van der Waals surface area (Å²) in [6.07, 6.45) is 5.09. The fraction of sp³-hybridized carbons (Fsp3) is 0.154. The van der Waals surface area contributed by atoms with Crippen LogP contribution in [0.3, 0.4) is 0 Å². The average Bonchev–Trinajstić information content (AvgIpc) is 3.04. The first-order valence-electron chi connectivity index (χ1n) is 6.29. The van der Waals surface area contributed by atoms with Gasteiger partial charge in [0.15, 0.2) is 5.75 Å². The second-order valence-corrected chi connectivity index (χ2v) is 4.13. The second kappa shape index (κ2) is 5.53. The number of aryl methyl sites for hydroxylation is 1. The summed E-state index contributed by atoms with van der Waals surface area (Å²) in [5.41, 5.74) is 0.754. The molecule has 0 saturated carbocycles. The Labute approximate surface area is 120 Å². The number of rotatable bonds is 4. The molecule has 0 amide bonds. The molecule has 8 nitrogen and oxygen atoms in total. The van der Waals surface area contributed by atoms with E-state index in [0.717, 1.165) is 5.69 Å². The molecule has 0 bridgehead atoms. The van der Waals surface area contributed by atoms with Crippen LogP contribution < -0.4 is 10.1 Å². The van der Waals surface area contributed by atoms with Crippen molar-refractivity contribution in [3.8, 4) is 17.7 Å². The Morgan fingerprint density at radius 3 is 2.76 bits per heavy atom. The van der Waals surface area contributed by atoms with Gasteiger partial charge in [-0.25, -0.2) is 4.68 Å². The highest BCUT2D eigenvalue weighted by atomic mass is 16.5. The summed E-state index contributed by atoms with van der Waals surface area (Å²) >= 11 is 0. The van der Waals surface area contributed by atoms with Crippen molar-refractivity contribution < 1.29 is 4.74 Å². The SMILES string of the molecule is CNc1nc(Oc2cccnc2C)nc(-n2cccn2)n1. The van der Waals surface area contributed by atoms with Crippen LogP contribution in [0.2, 0.25) is 0 Å². The highest BCUT2D eigenvalue weighted by Crippen LogP contribution is 2.21. The largest absolute Gasteiger partial charge is 0.422 e. The smallest absolute Gasteiger partial charge is 0.328 e. The van der Waals surface area contributed by atoms with Gasteiger partial charge in [-0.3, -0.25) is 4.98 Å². The summed E-state index contributed by atoms with van der Waals surface area (Å²) in [6, 6.07) is 5.56. The Bertz CT molecular complexity index is 742. The standard InChI is InChI=1S/C13H13N7O/c1-9-10(5-3-6-15-9)21-13-18-11(14-2)17-12(19-13)20-8-4-7-16-20/h3-8H,1-2H3,(H,14,17,18,19). The van der Waals surface area contributed by atoms with Crippen molar-refractivity contribution in [1.29, 1.82) is 0 Å². The topological polar surface area (TPSA) is 90.6 Å². The van der Waals surface area contributed by atoms with E-state index in [4.69, 9.17) is 4.74 Å². The fourth-order valence-electron chi connectivity index (χ4n) is 1.67. The third-order valence-electron chi connectivity index (χ3n) is 2.70. The van der Waals surface area contributed by atoms with E-state index in [-0.39, 0.29) is 6.01 Å². The van der Waals surface area contributed by atoms with Crippen molar-refractivity contribution in [3.63, 3.8) is 0 Å². The minimum atomic E-state index is 0.177. The second-order valence-electron chi connectivity index (χ2n) is 4.13. The molecule has 3 rings (SSSR count). The first kappa shape index (κ1) is 13.0. The summed E-state index contributed by atoms with van der Waals surface area (Å²) in [6.45, 7) is 1.85. The van der Waals surface area contributed by atoms with E-state index >= 15 is 0 Å². The van der Waals surface area contributed by atoms with Crippen LogP contribution in [-0.2, 0) is 0 Å². The van der Waals surface area contributed by atoms with Crippen LogP contribution in [0.25, 0.3) is 5.95 Å². The first-order valence-corrected chi connectivity index (χ1v) is 6.29. The number of nitrogens with zero attached hydrogens (tertiary/aromatic N) is 6. The molecule has 0 aliphatic heterocycles. The minimum absolute atomic E-state index is 0.177. The number of pyridine rings is 1. The van der Waals surface area contributed by atoms with Crippen molar-refractivity contribution in [3.05, 3.63) is 42.5 Å². The molecule has 1 N–H and O–H groups in total. The van der Waals surface area contributed by atoms with Crippen molar-refractivity contribution in [2.24, 2.45) is 0 Å². The molecular weight excluding hydrogens is 270 g/mol. The maximum absolute atomic E-state index is 5.68. The van der Waals surface area contributed by atoms with Gasteiger partial charge in [-0.15, -0.1) is 0 Å². The Morgan fingerprint density at radius 1 is 1.14 bits per heavy atom. The summed E-state index contributed by atoms with van der Waals surface area (Å²) in [4.78, 5) is 16.8. The Balaban J connectivity index is 1.99. The first-order chi connectivity index (χ1) is 10.3. The zero-order valence-electron chi connectivity index (χ0n) is 11.6. The van der Waals surface area contributed by atoms with Crippen LogP contribution >= 0.6 is 0 Å². The highest BCUT2D eigenvalue weighted by Gasteiger charge is 2.10. The average molecular weight is 283 g/mol. The summed E-state index contributed by atoms with van der Waals surface area (Å²) in [7, 11) is 1.72. The van der Waals surface area contributed by atoms with Crippen molar-refractivity contribution in [2.75, 3.05) is 12.4 Å². The van der Waals surface area contributed by atoms with E-state index in [1.54, 1.807) is 43.8 Å². The van der Waals surface area contributed by atoms with E-state index in [2.05, 4.69) is 30.4 Å². The zero-order chi connectivity index (χ0) is 14.7. The normalized spacial score (nSPS) is 10.4. The number of aromatic nitrogens is 6. The van der Waals surface area contributed by atoms with Crippen molar-refractivity contribution in [2.45, 2.75) is 6.92 Å². The summed E-state index contributed by atoms with van der Waals surface area (Å²) < 4.78 is 7.22. The number of nitrogens with one attached hydrogen (secondary N) is 1. The molecule has 0 fully saturated rings. The fourth-order valence-corrected chi connectivity index (χ4v) is 1.67. The van der Waals surface area contributed by atoms with E-state index in [1.807, 2.05) is 6.92 Å². The van der Waals surface area contributed by atoms with Crippen LogP contribution in [0.5, 0.6) is 11.8 Å². The Hall–Kier alpha value is -3.03. The number of anilines is 1. The molecule has 0 radical (unpaired) electrons. The Morgan fingerprint density at radius 2 is 2.05 bits per heavy atom. The van der Waals surface area contributed by atoms with Gasteiger partial charge in [-0.2, -0.15) is 20.1 Å². The molecular formula is C13H13N7O. The molecule has 0 spiro atoms. The van der Waals surface area contributed by atoms with E-state index in [1.165, 1.54) is 4.68 Å². The lowest BCUT2D eigenvalue weighted by Gasteiger charge is -2.08. The predicted octanol–water partition coefficient (Wildman–Crippen LogP) is 1.59. The van der Waals surface area contributed by atoms with Gasteiger partial charge in [0.2, 0.25) is 5.95 Å². The quantitative estimate of drug-likeness (QED) is 0.777. The maximum Gasteiger partial charge on any atom is 0.328 e. The lowest BCUT2D eigenvalue weighted by Crippen LogP contribution is -2.08. The molecule has 8 heteroatoms. The third-order valence-corrected chi connectivity index (χ3v) is 2.70. The van der Waals surface area contributed by atoms with E-state index in [9.17, 15) is 0 Å². The van der Waals surface area contributed by atoms with Crippen LogP contribution in [0, 0.1) is 6.92 Å². The van der Waals surface area contributed by atoms with Crippen molar-refractivity contribution in [1.82, 2.24) is 29.7 Å². The molecule has 21 heavy (non-hydrogen) atoms. The summed E-state index contributed by atoms with van der Waals surface area (Å²) in [5.74, 6) is 1.36. The number of hydrogen-bond donors (Lipinski definition) is 1. The van der Waals surface area contributed by atoms with Crippen LogP contribution in [0.4, 0.5) is 5.95 Å². The van der Waals surface area contributed by atoms with E-state index in [0.29, 0.717) is 17.6 Å². The lowest BCUT2D eigenvalue weighted by molar-refractivity contribution is 0.433. The predicted molar refractivity (Wildman–Crippen MR) is 75.5 cm³/mol. The molecule has 3 heterocycles. The van der Waals surface area contributed by atoms with Gasteiger partial charge >= 0.3 is 6.01 Å². The van der Waals surface area contributed by atoms with Crippen LogP contribution in [0.1, 0.15) is 5.69 Å². The molecule has 0 aliphatic rings. The minimum Gasteiger partial charge on any atom is -0.422 e. The van der Waals surface area contributed by atoms with Gasteiger partial charge in [0.05, 0.1) is 5.69 Å². The molecule has 3 aromatic heterocycles. The molecule has 106 valence electrons. The van der Waals surface area contributed by atoms with Crippen LogP contribution in [0.15, 0.2) is 36.8 Å². The van der Waals surface area contributed by atoms with Gasteiger partial charge in [-0.1, -0.05) is 0 Å². The number of ether oxygens (including phenoxy) is 1. The molecule has 0 aromatic carbocycles. The number of hydrogen-bond acceptors (Lipinski definition) is 7. The molecule has 0 atom stereocenters. The maximum atomic E-state index is 5.68. The van der Waals surface area contributed by atoms with Crippen molar-refractivity contribution >= 4 is 5.95 Å². The lowest BCUT2D eigenvalue weighted by atomic mass is 10.3. The van der Waals surface area contributed by atoms with E-state index < -0.39 is 0 Å². The molecule has 3 aromatic rings. The zero-order valence-corrected chi connectivity index (χ0v) is 11.6. The van der Waals surface area contributed by atoms with Gasteiger partial charge in [0.25, 0.3) is 5.95 Å². The van der Waals surface area contributed by atoms with Gasteiger partial charge in [-0.05, 0) is 25.1 Å². The molecule has 0 saturated heterocycles. The van der Waals surface area contributed by atoms with Gasteiger partial charge in [0.1, 0.15) is 0 Å². The molecule has 0 aliphatic carbocycles. The monoisotopic (exact) mass is 283 g/mol. The Kier molecular flexibility index (Phi) is 3.42. The highest BCUT2D eigenvalue weighted by molar-refractivity contribution is 5.33. The van der Waals surface area contributed by atoms with Gasteiger partial charge < -0.3 is 10.1 Å². The van der Waals surface area contributed by atoms with Crippen LogP contribution in [-0.4, -0.2) is 36.8 Å².